The number of nitrogens with zero attached hydrogens (tertiary/aromatic N) is 1. The quantitative estimate of drug-likeness (QED) is 0.863. The van der Waals surface area contributed by atoms with Crippen LogP contribution in [-0.4, -0.2) is 22.1 Å². The molecule has 98 valence electrons. The van der Waals surface area contributed by atoms with Crippen LogP contribution in [-0.2, 0) is 6.42 Å². The SMILES string of the molecule is CC(Cc1ccccc1)Nc1ccncc1C(=O)O. The van der Waals surface area contributed by atoms with Gasteiger partial charge in [-0.05, 0) is 25.0 Å². The van der Waals surface area contributed by atoms with Crippen LogP contribution < -0.4 is 5.32 Å². The average Bonchev–Trinajstić information content (AvgIpc) is 2.40. The van der Waals surface area contributed by atoms with Gasteiger partial charge < -0.3 is 10.4 Å². The Kier molecular flexibility index (Phi) is 4.13. The van der Waals surface area contributed by atoms with Crippen LogP contribution >= 0.6 is 0 Å². The number of aromatic nitrogens is 1. The first kappa shape index (κ1) is 13.1. The van der Waals surface area contributed by atoms with Gasteiger partial charge in [-0.25, -0.2) is 4.79 Å². The second kappa shape index (κ2) is 6.00. The topological polar surface area (TPSA) is 62.2 Å². The maximum absolute atomic E-state index is 11.1. The predicted octanol–water partition coefficient (Wildman–Crippen LogP) is 2.82. The van der Waals surface area contributed by atoms with E-state index in [9.17, 15) is 4.79 Å². The molecule has 1 atom stereocenters. The smallest absolute Gasteiger partial charge is 0.339 e. The molecule has 0 aliphatic heterocycles. The minimum atomic E-state index is -0.970. The maximum Gasteiger partial charge on any atom is 0.339 e. The predicted molar refractivity (Wildman–Crippen MR) is 74.4 cm³/mol. The molecule has 1 unspecified atom stereocenters. The Morgan fingerprint density at radius 2 is 2.05 bits per heavy atom. The summed E-state index contributed by atoms with van der Waals surface area (Å²) in [6, 6.07) is 11.9. The van der Waals surface area contributed by atoms with Gasteiger partial charge in [-0.2, -0.15) is 0 Å². The number of carboxylic acids is 1. The Labute approximate surface area is 112 Å². The number of anilines is 1. The summed E-state index contributed by atoms with van der Waals surface area (Å²) < 4.78 is 0. The second-order valence-electron chi connectivity index (χ2n) is 4.46. The van der Waals surface area contributed by atoms with Crippen molar-refractivity contribution in [2.75, 3.05) is 5.32 Å². The molecular formula is C15H16N2O2. The fourth-order valence-corrected chi connectivity index (χ4v) is 1.97. The van der Waals surface area contributed by atoms with Gasteiger partial charge in [0.15, 0.2) is 0 Å². The van der Waals surface area contributed by atoms with Crippen LogP contribution in [0, 0.1) is 0 Å². The van der Waals surface area contributed by atoms with Gasteiger partial charge in [-0.3, -0.25) is 4.98 Å². The summed E-state index contributed by atoms with van der Waals surface area (Å²) in [5.41, 5.74) is 2.02. The zero-order valence-electron chi connectivity index (χ0n) is 10.7. The van der Waals surface area contributed by atoms with E-state index in [2.05, 4.69) is 22.4 Å². The highest BCUT2D eigenvalue weighted by Crippen LogP contribution is 2.16. The fraction of sp³-hybridized carbons (Fsp3) is 0.200. The van der Waals surface area contributed by atoms with Crippen LogP contribution in [0.15, 0.2) is 48.8 Å². The molecule has 0 amide bonds. The molecule has 0 aliphatic rings. The largest absolute Gasteiger partial charge is 0.478 e. The molecule has 2 aromatic rings. The summed E-state index contributed by atoms with van der Waals surface area (Å²) in [5.74, 6) is -0.970. The molecule has 19 heavy (non-hydrogen) atoms. The summed E-state index contributed by atoms with van der Waals surface area (Å²) in [6.07, 6.45) is 3.78. The van der Waals surface area contributed by atoms with E-state index in [1.807, 2.05) is 25.1 Å². The number of hydrogen-bond donors (Lipinski definition) is 2. The third-order valence-electron chi connectivity index (χ3n) is 2.84. The van der Waals surface area contributed by atoms with Crippen molar-refractivity contribution >= 4 is 11.7 Å². The summed E-state index contributed by atoms with van der Waals surface area (Å²) in [5, 5.41) is 12.3. The molecule has 1 heterocycles. The highest BCUT2D eigenvalue weighted by molar-refractivity contribution is 5.93. The lowest BCUT2D eigenvalue weighted by Gasteiger charge is -2.16. The lowest BCUT2D eigenvalue weighted by molar-refractivity contribution is 0.0697. The molecule has 0 fully saturated rings. The van der Waals surface area contributed by atoms with Gasteiger partial charge in [0.2, 0.25) is 0 Å². The van der Waals surface area contributed by atoms with Crippen LogP contribution in [0.5, 0.6) is 0 Å². The molecule has 0 saturated carbocycles. The van der Waals surface area contributed by atoms with Crippen LogP contribution in [0.2, 0.25) is 0 Å². The van der Waals surface area contributed by atoms with Gasteiger partial charge in [-0.1, -0.05) is 30.3 Å². The van der Waals surface area contributed by atoms with E-state index in [-0.39, 0.29) is 11.6 Å². The third-order valence-corrected chi connectivity index (χ3v) is 2.84. The number of rotatable bonds is 5. The van der Waals surface area contributed by atoms with Crippen molar-refractivity contribution in [2.45, 2.75) is 19.4 Å². The summed E-state index contributed by atoms with van der Waals surface area (Å²) in [6.45, 7) is 2.03. The van der Waals surface area contributed by atoms with Gasteiger partial charge in [0.1, 0.15) is 5.56 Å². The Morgan fingerprint density at radius 1 is 1.32 bits per heavy atom. The molecule has 0 aliphatic carbocycles. The van der Waals surface area contributed by atoms with E-state index < -0.39 is 5.97 Å². The minimum absolute atomic E-state index is 0.142. The van der Waals surface area contributed by atoms with Crippen LogP contribution in [0.25, 0.3) is 0 Å². The fourth-order valence-electron chi connectivity index (χ4n) is 1.97. The van der Waals surface area contributed by atoms with Gasteiger partial charge in [0.25, 0.3) is 0 Å². The standard InChI is InChI=1S/C15H16N2O2/c1-11(9-12-5-3-2-4-6-12)17-14-7-8-16-10-13(14)15(18)19/h2-8,10-11H,9H2,1H3,(H,16,17)(H,18,19). The molecular weight excluding hydrogens is 240 g/mol. The highest BCUT2D eigenvalue weighted by Gasteiger charge is 2.12. The molecule has 4 nitrogen and oxygen atoms in total. The van der Waals surface area contributed by atoms with Gasteiger partial charge in [-0.15, -0.1) is 0 Å². The number of pyridine rings is 1. The maximum atomic E-state index is 11.1. The van der Waals surface area contributed by atoms with Gasteiger partial charge >= 0.3 is 5.97 Å². The van der Waals surface area contributed by atoms with E-state index in [0.717, 1.165) is 6.42 Å². The molecule has 2 N–H and O–H groups in total. The van der Waals surface area contributed by atoms with Crippen molar-refractivity contribution in [3.05, 3.63) is 59.9 Å². The van der Waals surface area contributed by atoms with Gasteiger partial charge in [0, 0.05) is 18.4 Å². The third kappa shape index (κ3) is 3.55. The lowest BCUT2D eigenvalue weighted by atomic mass is 10.1. The van der Waals surface area contributed by atoms with E-state index >= 15 is 0 Å². The Morgan fingerprint density at radius 3 is 2.74 bits per heavy atom. The first-order chi connectivity index (χ1) is 9.16. The molecule has 0 saturated heterocycles. The lowest BCUT2D eigenvalue weighted by Crippen LogP contribution is -2.20. The molecule has 4 heteroatoms. The van der Waals surface area contributed by atoms with Crippen molar-refractivity contribution in [1.29, 1.82) is 0 Å². The number of carbonyl (C=O) groups is 1. The van der Waals surface area contributed by atoms with E-state index in [4.69, 9.17) is 5.11 Å². The zero-order chi connectivity index (χ0) is 13.7. The van der Waals surface area contributed by atoms with E-state index in [1.54, 1.807) is 12.3 Å². The molecule has 0 radical (unpaired) electrons. The monoisotopic (exact) mass is 256 g/mol. The first-order valence-corrected chi connectivity index (χ1v) is 6.14. The van der Waals surface area contributed by atoms with Gasteiger partial charge in [0.05, 0.1) is 5.69 Å². The number of benzene rings is 1. The molecule has 1 aromatic heterocycles. The van der Waals surface area contributed by atoms with Crippen LogP contribution in [0.3, 0.4) is 0 Å². The number of aromatic carboxylic acids is 1. The van der Waals surface area contributed by atoms with E-state index in [0.29, 0.717) is 5.69 Å². The summed E-state index contributed by atoms with van der Waals surface area (Å²) >= 11 is 0. The van der Waals surface area contributed by atoms with Crippen molar-refractivity contribution in [1.82, 2.24) is 4.98 Å². The molecule has 1 aromatic carbocycles. The Bertz CT molecular complexity index is 555. The van der Waals surface area contributed by atoms with Crippen molar-refractivity contribution in [2.24, 2.45) is 0 Å². The number of nitrogens with one attached hydrogen (secondary N) is 1. The van der Waals surface area contributed by atoms with E-state index in [1.165, 1.54) is 11.8 Å². The van der Waals surface area contributed by atoms with Crippen molar-refractivity contribution < 1.29 is 9.90 Å². The Hall–Kier alpha value is -2.36. The van der Waals surface area contributed by atoms with Crippen molar-refractivity contribution in [3.63, 3.8) is 0 Å². The summed E-state index contributed by atoms with van der Waals surface area (Å²) in [7, 11) is 0. The highest BCUT2D eigenvalue weighted by atomic mass is 16.4. The number of hydrogen-bond acceptors (Lipinski definition) is 3. The average molecular weight is 256 g/mol. The van der Waals surface area contributed by atoms with Crippen LogP contribution in [0.4, 0.5) is 5.69 Å². The first-order valence-electron chi connectivity index (χ1n) is 6.14. The Balaban J connectivity index is 2.07. The second-order valence-corrected chi connectivity index (χ2v) is 4.46. The number of carboxylic acid groups (broad SMARTS) is 1. The normalized spacial score (nSPS) is 11.8. The minimum Gasteiger partial charge on any atom is -0.478 e. The summed E-state index contributed by atoms with van der Waals surface area (Å²) in [4.78, 5) is 14.9. The molecule has 0 spiro atoms. The zero-order valence-corrected chi connectivity index (χ0v) is 10.7. The molecule has 2 rings (SSSR count). The van der Waals surface area contributed by atoms with Crippen molar-refractivity contribution in [3.8, 4) is 0 Å². The molecule has 0 bridgehead atoms. The van der Waals surface area contributed by atoms with Crippen LogP contribution in [0.1, 0.15) is 22.8 Å².